The van der Waals surface area contributed by atoms with Crippen LogP contribution in [0.2, 0.25) is 0 Å². The molecule has 0 bridgehead atoms. The van der Waals surface area contributed by atoms with Gasteiger partial charge in [-0.05, 0) is 24.3 Å². The van der Waals surface area contributed by atoms with Gasteiger partial charge in [0.05, 0.1) is 7.11 Å². The van der Waals surface area contributed by atoms with Crippen LogP contribution in [-0.4, -0.2) is 31.0 Å². The first-order valence-electron chi connectivity index (χ1n) is 6.41. The summed E-state index contributed by atoms with van der Waals surface area (Å²) >= 11 is 0. The standard InChI is InChI=1S/C16H16N2O3/c1-21-14-9-5-8-13(15(14)19)10-17-11-18-16(20)12-6-3-2-4-7-12/h2-10,19H,11H2,1H3,(H,18,20)/b17-10+. The van der Waals surface area contributed by atoms with Crippen LogP contribution in [0.3, 0.4) is 0 Å². The average Bonchev–Trinajstić information content (AvgIpc) is 2.53. The van der Waals surface area contributed by atoms with Crippen LogP contribution in [0.1, 0.15) is 15.9 Å². The maximum atomic E-state index is 11.8. The summed E-state index contributed by atoms with van der Waals surface area (Å²) < 4.78 is 5.01. The highest BCUT2D eigenvalue weighted by Gasteiger charge is 2.05. The second-order valence-electron chi connectivity index (χ2n) is 4.24. The van der Waals surface area contributed by atoms with Gasteiger partial charge in [-0.15, -0.1) is 0 Å². The highest BCUT2D eigenvalue weighted by atomic mass is 16.5. The van der Waals surface area contributed by atoms with Crippen molar-refractivity contribution in [3.63, 3.8) is 0 Å². The molecular formula is C16H16N2O3. The molecule has 0 aliphatic rings. The molecule has 0 aromatic heterocycles. The van der Waals surface area contributed by atoms with Gasteiger partial charge in [0.15, 0.2) is 11.5 Å². The van der Waals surface area contributed by atoms with Crippen molar-refractivity contribution in [3.05, 3.63) is 59.7 Å². The van der Waals surface area contributed by atoms with Crippen LogP contribution in [0.5, 0.6) is 11.5 Å². The number of hydrogen-bond donors (Lipinski definition) is 2. The van der Waals surface area contributed by atoms with E-state index in [0.29, 0.717) is 16.9 Å². The zero-order valence-electron chi connectivity index (χ0n) is 11.6. The van der Waals surface area contributed by atoms with Crippen LogP contribution in [0.15, 0.2) is 53.5 Å². The first-order valence-corrected chi connectivity index (χ1v) is 6.41. The number of phenols is 1. The van der Waals surface area contributed by atoms with Crippen LogP contribution in [0, 0.1) is 0 Å². The number of methoxy groups -OCH3 is 1. The Balaban J connectivity index is 1.93. The van der Waals surface area contributed by atoms with Gasteiger partial charge in [-0.3, -0.25) is 9.79 Å². The van der Waals surface area contributed by atoms with E-state index in [0.717, 1.165) is 0 Å². The van der Waals surface area contributed by atoms with Crippen molar-refractivity contribution in [2.45, 2.75) is 0 Å². The maximum Gasteiger partial charge on any atom is 0.252 e. The zero-order valence-corrected chi connectivity index (χ0v) is 11.6. The Bertz CT molecular complexity index is 639. The molecule has 0 fully saturated rings. The number of carbonyl (C=O) groups is 1. The SMILES string of the molecule is COc1cccc(/C=N/CNC(=O)c2ccccc2)c1O. The quantitative estimate of drug-likeness (QED) is 0.827. The topological polar surface area (TPSA) is 70.9 Å². The van der Waals surface area contributed by atoms with Crippen molar-refractivity contribution < 1.29 is 14.6 Å². The summed E-state index contributed by atoms with van der Waals surface area (Å²) in [5.41, 5.74) is 1.11. The molecule has 108 valence electrons. The molecule has 2 aromatic rings. The third-order valence-electron chi connectivity index (χ3n) is 2.85. The predicted octanol–water partition coefficient (Wildman–Crippen LogP) is 2.21. The number of rotatable bonds is 5. The van der Waals surface area contributed by atoms with E-state index in [1.54, 1.807) is 42.5 Å². The maximum absolute atomic E-state index is 11.8. The van der Waals surface area contributed by atoms with Gasteiger partial charge in [0, 0.05) is 17.3 Å². The number of aromatic hydroxyl groups is 1. The summed E-state index contributed by atoms with van der Waals surface area (Å²) in [6, 6.07) is 14.0. The second-order valence-corrected chi connectivity index (χ2v) is 4.24. The summed E-state index contributed by atoms with van der Waals surface area (Å²) in [4.78, 5) is 15.8. The summed E-state index contributed by atoms with van der Waals surface area (Å²) in [7, 11) is 1.48. The van der Waals surface area contributed by atoms with Crippen LogP contribution in [-0.2, 0) is 0 Å². The molecule has 0 radical (unpaired) electrons. The molecular weight excluding hydrogens is 268 g/mol. The van der Waals surface area contributed by atoms with Gasteiger partial charge in [-0.1, -0.05) is 24.3 Å². The molecule has 0 heterocycles. The normalized spacial score (nSPS) is 10.5. The Kier molecular flexibility index (Phi) is 4.93. The van der Waals surface area contributed by atoms with E-state index in [-0.39, 0.29) is 18.3 Å². The van der Waals surface area contributed by atoms with E-state index in [2.05, 4.69) is 10.3 Å². The fraction of sp³-hybridized carbons (Fsp3) is 0.125. The number of carbonyl (C=O) groups excluding carboxylic acids is 1. The second kappa shape index (κ2) is 7.09. The molecule has 2 aromatic carbocycles. The predicted molar refractivity (Wildman–Crippen MR) is 81.0 cm³/mol. The molecule has 5 nitrogen and oxygen atoms in total. The Morgan fingerprint density at radius 1 is 1.24 bits per heavy atom. The minimum absolute atomic E-state index is 0.0261. The Labute approximate surface area is 122 Å². The molecule has 5 heteroatoms. The van der Waals surface area contributed by atoms with Crippen molar-refractivity contribution in [1.82, 2.24) is 5.32 Å². The van der Waals surface area contributed by atoms with Crippen LogP contribution in [0.4, 0.5) is 0 Å². The molecule has 2 rings (SSSR count). The number of nitrogens with zero attached hydrogens (tertiary/aromatic N) is 1. The molecule has 0 atom stereocenters. The number of nitrogens with one attached hydrogen (secondary N) is 1. The van der Waals surface area contributed by atoms with Crippen LogP contribution in [0.25, 0.3) is 0 Å². The molecule has 0 aliphatic carbocycles. The molecule has 0 unspecified atom stereocenters. The minimum atomic E-state index is -0.192. The summed E-state index contributed by atoms with van der Waals surface area (Å²) in [5.74, 6) is 0.216. The van der Waals surface area contributed by atoms with Gasteiger partial charge in [-0.25, -0.2) is 0 Å². The van der Waals surface area contributed by atoms with Crippen molar-refractivity contribution in [2.24, 2.45) is 4.99 Å². The first kappa shape index (κ1) is 14.6. The monoisotopic (exact) mass is 284 g/mol. The van der Waals surface area contributed by atoms with Gasteiger partial charge in [0.2, 0.25) is 0 Å². The van der Waals surface area contributed by atoms with Crippen molar-refractivity contribution >= 4 is 12.1 Å². The minimum Gasteiger partial charge on any atom is -0.504 e. The number of para-hydroxylation sites is 1. The first-order chi connectivity index (χ1) is 10.2. The molecule has 1 amide bonds. The third-order valence-corrected chi connectivity index (χ3v) is 2.85. The molecule has 0 saturated heterocycles. The highest BCUT2D eigenvalue weighted by molar-refractivity contribution is 5.94. The summed E-state index contributed by atoms with van der Waals surface area (Å²) in [6.07, 6.45) is 1.49. The number of aliphatic imine (C=N–C) groups is 1. The molecule has 0 aliphatic heterocycles. The summed E-state index contributed by atoms with van der Waals surface area (Å²) in [5, 5.41) is 12.5. The van der Waals surface area contributed by atoms with E-state index >= 15 is 0 Å². The summed E-state index contributed by atoms with van der Waals surface area (Å²) in [6.45, 7) is 0.129. The number of amides is 1. The van der Waals surface area contributed by atoms with Gasteiger partial charge < -0.3 is 15.2 Å². The lowest BCUT2D eigenvalue weighted by molar-refractivity contribution is 0.0955. The Morgan fingerprint density at radius 2 is 2.00 bits per heavy atom. The number of benzene rings is 2. The van der Waals surface area contributed by atoms with Gasteiger partial charge in [0.25, 0.3) is 5.91 Å². The smallest absolute Gasteiger partial charge is 0.252 e. The van der Waals surface area contributed by atoms with Crippen molar-refractivity contribution in [1.29, 1.82) is 0 Å². The lowest BCUT2D eigenvalue weighted by atomic mass is 10.2. The van der Waals surface area contributed by atoms with Gasteiger partial charge in [0.1, 0.15) is 6.67 Å². The van der Waals surface area contributed by atoms with E-state index in [1.807, 2.05) is 6.07 Å². The molecule has 2 N–H and O–H groups in total. The molecule has 0 saturated carbocycles. The fourth-order valence-electron chi connectivity index (χ4n) is 1.76. The third kappa shape index (κ3) is 3.82. The van der Waals surface area contributed by atoms with E-state index in [4.69, 9.17) is 4.74 Å². The lowest BCUT2D eigenvalue weighted by Crippen LogP contribution is -2.23. The van der Waals surface area contributed by atoms with Gasteiger partial charge in [-0.2, -0.15) is 0 Å². The number of phenolic OH excluding ortho intramolecular Hbond substituents is 1. The average molecular weight is 284 g/mol. The van der Waals surface area contributed by atoms with E-state index < -0.39 is 0 Å². The fourth-order valence-corrected chi connectivity index (χ4v) is 1.76. The van der Waals surface area contributed by atoms with Crippen molar-refractivity contribution in [3.8, 4) is 11.5 Å². The molecule has 0 spiro atoms. The Morgan fingerprint density at radius 3 is 2.71 bits per heavy atom. The van der Waals surface area contributed by atoms with Crippen LogP contribution >= 0.6 is 0 Å². The largest absolute Gasteiger partial charge is 0.504 e. The van der Waals surface area contributed by atoms with Crippen molar-refractivity contribution in [2.75, 3.05) is 13.8 Å². The van der Waals surface area contributed by atoms with E-state index in [9.17, 15) is 9.90 Å². The lowest BCUT2D eigenvalue weighted by Gasteiger charge is -2.05. The number of ether oxygens (including phenoxy) is 1. The highest BCUT2D eigenvalue weighted by Crippen LogP contribution is 2.27. The van der Waals surface area contributed by atoms with Gasteiger partial charge >= 0.3 is 0 Å². The van der Waals surface area contributed by atoms with E-state index in [1.165, 1.54) is 13.3 Å². The van der Waals surface area contributed by atoms with Crippen LogP contribution < -0.4 is 10.1 Å². The number of hydrogen-bond acceptors (Lipinski definition) is 4. The Hall–Kier alpha value is -2.82. The molecule has 21 heavy (non-hydrogen) atoms. The zero-order chi connectivity index (χ0) is 15.1.